The number of piperazine rings is 1. The second-order valence-electron chi connectivity index (χ2n) is 8.22. The van der Waals surface area contributed by atoms with E-state index in [2.05, 4.69) is 39.6 Å². The number of carboxylic acid groups (broad SMARTS) is 1. The van der Waals surface area contributed by atoms with Crippen molar-refractivity contribution in [3.8, 4) is 0 Å². The van der Waals surface area contributed by atoms with E-state index in [1.165, 1.54) is 6.42 Å². The average Bonchev–Trinajstić information content (AvgIpc) is 2.57. The predicted octanol–water partition coefficient (Wildman–Crippen LogP) is 3.84. The van der Waals surface area contributed by atoms with Gasteiger partial charge in [-0.2, -0.15) is 0 Å². The number of carbonyl (C=O) groups is 2. The molecule has 0 atom stereocenters. The van der Waals surface area contributed by atoms with Crippen LogP contribution < -0.4 is 0 Å². The van der Waals surface area contributed by atoms with E-state index in [-0.39, 0.29) is 12.3 Å². The number of nitrogens with zero attached hydrogens (tertiary/aromatic N) is 2. The van der Waals surface area contributed by atoms with Gasteiger partial charge in [0.05, 0.1) is 6.42 Å². The van der Waals surface area contributed by atoms with Gasteiger partial charge in [0.15, 0.2) is 0 Å². The molecular weight excluding hydrogens is 340 g/mol. The van der Waals surface area contributed by atoms with Crippen molar-refractivity contribution in [2.24, 2.45) is 5.41 Å². The van der Waals surface area contributed by atoms with E-state index < -0.39 is 5.97 Å². The second kappa shape index (κ2) is 12.5. The van der Waals surface area contributed by atoms with E-state index in [0.29, 0.717) is 5.41 Å². The van der Waals surface area contributed by atoms with Gasteiger partial charge in [-0.3, -0.25) is 9.59 Å². The van der Waals surface area contributed by atoms with Crippen LogP contribution in [0.5, 0.6) is 0 Å². The summed E-state index contributed by atoms with van der Waals surface area (Å²) in [6.07, 6.45) is 1.39. The first-order valence-corrected chi connectivity index (χ1v) is 9.66. The zero-order valence-corrected chi connectivity index (χ0v) is 18.2. The van der Waals surface area contributed by atoms with E-state index in [1.54, 1.807) is 6.92 Å². The first-order valence-electron chi connectivity index (χ1n) is 9.66. The Labute approximate surface area is 165 Å². The van der Waals surface area contributed by atoms with Gasteiger partial charge in [-0.1, -0.05) is 58.4 Å². The lowest BCUT2D eigenvalue weighted by Gasteiger charge is -2.31. The lowest BCUT2D eigenvalue weighted by atomic mass is 9.94. The van der Waals surface area contributed by atoms with Crippen molar-refractivity contribution in [3.05, 3.63) is 35.4 Å². The Morgan fingerprint density at radius 2 is 1.56 bits per heavy atom. The number of rotatable bonds is 2. The first kappa shape index (κ1) is 25.1. The van der Waals surface area contributed by atoms with Crippen molar-refractivity contribution in [1.29, 1.82) is 0 Å². The van der Waals surface area contributed by atoms with E-state index in [1.807, 2.05) is 36.1 Å². The molecule has 1 aliphatic heterocycles. The number of benzene rings is 1. The molecule has 1 aliphatic rings. The Balaban J connectivity index is 0.000000394. The summed E-state index contributed by atoms with van der Waals surface area (Å²) >= 11 is 0. The molecule has 0 aromatic heterocycles. The van der Waals surface area contributed by atoms with Crippen LogP contribution in [-0.2, 0) is 16.0 Å². The fourth-order valence-corrected chi connectivity index (χ4v) is 2.09. The van der Waals surface area contributed by atoms with Gasteiger partial charge in [-0.05, 0) is 30.5 Å². The van der Waals surface area contributed by atoms with E-state index in [9.17, 15) is 9.59 Å². The molecule has 1 N–H and O–H groups in total. The zero-order valence-electron chi connectivity index (χ0n) is 18.2. The van der Waals surface area contributed by atoms with Crippen molar-refractivity contribution in [2.75, 3.05) is 33.2 Å². The molecule has 0 unspecified atom stereocenters. The maximum Gasteiger partial charge on any atom is 0.307 e. The summed E-state index contributed by atoms with van der Waals surface area (Å²) in [7, 11) is 2.08. The van der Waals surface area contributed by atoms with E-state index >= 15 is 0 Å². The number of hydrogen-bond donors (Lipinski definition) is 1. The van der Waals surface area contributed by atoms with E-state index in [0.717, 1.165) is 37.3 Å². The van der Waals surface area contributed by atoms with Gasteiger partial charge in [0, 0.05) is 33.1 Å². The molecule has 0 saturated carbocycles. The third kappa shape index (κ3) is 13.0. The highest BCUT2D eigenvalue weighted by atomic mass is 16.4. The highest BCUT2D eigenvalue weighted by Gasteiger charge is 2.14. The van der Waals surface area contributed by atoms with E-state index in [4.69, 9.17) is 5.11 Å². The van der Waals surface area contributed by atoms with Crippen molar-refractivity contribution >= 4 is 11.9 Å². The summed E-state index contributed by atoms with van der Waals surface area (Å²) in [5.41, 5.74) is 2.47. The molecule has 1 fully saturated rings. The standard InChI is InChI=1S/C9H10O2.C7H14N2O.C6H14/c1-7-4-2-3-5-8(7)6-9(10)11;1-7(10)9-5-3-8(2)4-6-9;1-5-6(2,3)4/h2-5H,6H2,1H3,(H,10,11);3-6H2,1-2H3;5H2,1-4H3. The predicted molar refractivity (Wildman–Crippen MR) is 112 cm³/mol. The number of likely N-dealkylation sites (N-methyl/N-ethyl adjacent to an activating group) is 1. The lowest BCUT2D eigenvalue weighted by Crippen LogP contribution is -2.46. The maximum absolute atomic E-state index is 10.8. The minimum atomic E-state index is -0.778. The van der Waals surface area contributed by atoms with Crippen LogP contribution >= 0.6 is 0 Å². The third-order valence-corrected chi connectivity index (χ3v) is 4.61. The minimum Gasteiger partial charge on any atom is -0.481 e. The smallest absolute Gasteiger partial charge is 0.307 e. The van der Waals surface area contributed by atoms with Gasteiger partial charge in [0.25, 0.3) is 0 Å². The summed E-state index contributed by atoms with van der Waals surface area (Å²) in [5.74, 6) is -0.576. The molecule has 1 heterocycles. The molecule has 27 heavy (non-hydrogen) atoms. The summed E-state index contributed by atoms with van der Waals surface area (Å²) in [6, 6.07) is 7.51. The molecule has 1 saturated heterocycles. The Hall–Kier alpha value is -1.88. The van der Waals surface area contributed by atoms with Gasteiger partial charge < -0.3 is 14.9 Å². The SMILES string of the molecule is CC(=O)N1CCN(C)CC1.CCC(C)(C)C.Cc1ccccc1CC(=O)O. The molecule has 0 aliphatic carbocycles. The summed E-state index contributed by atoms with van der Waals surface area (Å²) in [5, 5.41) is 8.49. The van der Waals surface area contributed by atoms with Crippen molar-refractivity contribution in [3.63, 3.8) is 0 Å². The molecule has 154 valence electrons. The van der Waals surface area contributed by atoms with Crippen molar-refractivity contribution < 1.29 is 14.7 Å². The second-order valence-corrected chi connectivity index (χ2v) is 8.22. The fourth-order valence-electron chi connectivity index (χ4n) is 2.09. The summed E-state index contributed by atoms with van der Waals surface area (Å²) in [6.45, 7) is 16.3. The van der Waals surface area contributed by atoms with Gasteiger partial charge >= 0.3 is 5.97 Å². The number of amides is 1. The number of carbonyl (C=O) groups excluding carboxylic acids is 1. The van der Waals surface area contributed by atoms with Crippen LogP contribution in [-0.4, -0.2) is 60.0 Å². The Kier molecular flexibility index (Phi) is 11.6. The quantitative estimate of drug-likeness (QED) is 0.849. The molecular formula is C22H38N2O3. The molecule has 0 spiro atoms. The molecule has 2 rings (SSSR count). The van der Waals surface area contributed by atoms with Crippen LogP contribution in [0.4, 0.5) is 0 Å². The monoisotopic (exact) mass is 378 g/mol. The Morgan fingerprint density at radius 3 is 1.93 bits per heavy atom. The number of hydrogen-bond acceptors (Lipinski definition) is 3. The zero-order chi connectivity index (χ0) is 21.0. The van der Waals surface area contributed by atoms with Crippen LogP contribution in [0.15, 0.2) is 24.3 Å². The maximum atomic E-state index is 10.8. The Morgan fingerprint density at radius 1 is 1.07 bits per heavy atom. The highest BCUT2D eigenvalue weighted by Crippen LogP contribution is 2.16. The normalized spacial score (nSPS) is 14.4. The molecule has 1 aromatic carbocycles. The highest BCUT2D eigenvalue weighted by molar-refractivity contribution is 5.73. The van der Waals surface area contributed by atoms with Gasteiger partial charge in [-0.25, -0.2) is 0 Å². The third-order valence-electron chi connectivity index (χ3n) is 4.61. The van der Waals surface area contributed by atoms with Crippen molar-refractivity contribution in [2.45, 2.75) is 54.4 Å². The minimum absolute atomic E-state index is 0.118. The molecule has 5 heteroatoms. The molecule has 1 aromatic rings. The largest absolute Gasteiger partial charge is 0.481 e. The first-order chi connectivity index (χ1) is 12.5. The molecule has 0 bridgehead atoms. The van der Waals surface area contributed by atoms with Gasteiger partial charge in [0.2, 0.25) is 5.91 Å². The van der Waals surface area contributed by atoms with Gasteiger partial charge in [-0.15, -0.1) is 0 Å². The molecule has 1 amide bonds. The molecule has 5 nitrogen and oxygen atoms in total. The van der Waals surface area contributed by atoms with Crippen molar-refractivity contribution in [1.82, 2.24) is 9.80 Å². The summed E-state index contributed by atoms with van der Waals surface area (Å²) < 4.78 is 0. The number of carboxylic acids is 1. The average molecular weight is 379 g/mol. The Bertz CT molecular complexity index is 571. The number of aryl methyl sites for hydroxylation is 1. The van der Waals surface area contributed by atoms with Crippen LogP contribution in [0.3, 0.4) is 0 Å². The summed E-state index contributed by atoms with van der Waals surface area (Å²) in [4.78, 5) is 25.3. The van der Waals surface area contributed by atoms with Crippen LogP contribution in [0.25, 0.3) is 0 Å². The number of aliphatic carboxylic acids is 1. The van der Waals surface area contributed by atoms with Crippen LogP contribution in [0, 0.1) is 12.3 Å². The molecule has 0 radical (unpaired) electrons. The topological polar surface area (TPSA) is 60.9 Å². The lowest BCUT2D eigenvalue weighted by molar-refractivity contribution is -0.136. The van der Waals surface area contributed by atoms with Crippen LogP contribution in [0.2, 0.25) is 0 Å². The van der Waals surface area contributed by atoms with Crippen LogP contribution in [0.1, 0.15) is 52.2 Å². The fraction of sp³-hybridized carbons (Fsp3) is 0.636. The van der Waals surface area contributed by atoms with Gasteiger partial charge in [0.1, 0.15) is 0 Å².